The van der Waals surface area contributed by atoms with Gasteiger partial charge < -0.3 is 4.74 Å². The first-order valence-corrected chi connectivity index (χ1v) is 7.92. The Labute approximate surface area is 122 Å². The molecule has 2 rings (SSSR count). The lowest BCUT2D eigenvalue weighted by atomic mass is 9.97. The number of carbonyl (C=O) groups is 1. The molecule has 98 valence electrons. The number of ketones is 1. The van der Waals surface area contributed by atoms with E-state index in [2.05, 4.69) is 29.5 Å². The van der Waals surface area contributed by atoms with Crippen LogP contribution in [0.4, 0.5) is 0 Å². The van der Waals surface area contributed by atoms with Crippen LogP contribution in [0.3, 0.4) is 0 Å². The van der Waals surface area contributed by atoms with Crippen molar-refractivity contribution < 1.29 is 9.53 Å². The van der Waals surface area contributed by atoms with Gasteiger partial charge in [0, 0.05) is 0 Å². The number of rotatable bonds is 5. The molecule has 0 N–H and O–H groups in total. The minimum atomic E-state index is -0.0425. The number of alkyl halides is 1. The Bertz CT molecular complexity index is 417. The van der Waals surface area contributed by atoms with Crippen LogP contribution in [0.2, 0.25) is 0 Å². The predicted octanol–water partition coefficient (Wildman–Crippen LogP) is 4.40. The molecule has 1 aromatic rings. The average molecular weight is 358 g/mol. The second-order valence-electron chi connectivity index (χ2n) is 4.77. The van der Waals surface area contributed by atoms with Gasteiger partial charge in [0.15, 0.2) is 5.78 Å². The van der Waals surface area contributed by atoms with E-state index in [1.807, 2.05) is 24.3 Å². The van der Waals surface area contributed by atoms with Gasteiger partial charge in [-0.2, -0.15) is 0 Å². The highest BCUT2D eigenvalue weighted by atomic mass is 127. The zero-order chi connectivity index (χ0) is 13.0. The van der Waals surface area contributed by atoms with Gasteiger partial charge in [-0.1, -0.05) is 60.9 Å². The van der Waals surface area contributed by atoms with Crippen molar-refractivity contribution in [3.63, 3.8) is 0 Å². The topological polar surface area (TPSA) is 26.3 Å². The Hall–Kier alpha value is -0.580. The predicted molar refractivity (Wildman–Crippen MR) is 81.8 cm³/mol. The van der Waals surface area contributed by atoms with E-state index < -0.39 is 0 Å². The SMILES string of the molecule is CCCCCCC1Oc2ccccc2C(=O)C1I. The Balaban J connectivity index is 2.00. The summed E-state index contributed by atoms with van der Waals surface area (Å²) in [7, 11) is 0. The lowest BCUT2D eigenvalue weighted by Crippen LogP contribution is -2.38. The number of benzene rings is 1. The monoisotopic (exact) mass is 358 g/mol. The summed E-state index contributed by atoms with van der Waals surface area (Å²) in [5.74, 6) is 0.980. The molecule has 0 saturated carbocycles. The Morgan fingerprint density at radius 2 is 2.00 bits per heavy atom. The number of para-hydroxylation sites is 1. The number of halogens is 1. The van der Waals surface area contributed by atoms with Gasteiger partial charge in [-0.25, -0.2) is 0 Å². The molecule has 2 nitrogen and oxygen atoms in total. The van der Waals surface area contributed by atoms with E-state index in [4.69, 9.17) is 4.74 Å². The third kappa shape index (κ3) is 3.05. The van der Waals surface area contributed by atoms with Crippen molar-refractivity contribution in [3.8, 4) is 5.75 Å². The van der Waals surface area contributed by atoms with E-state index in [-0.39, 0.29) is 15.8 Å². The molecule has 1 aliphatic rings. The van der Waals surface area contributed by atoms with Gasteiger partial charge in [0.2, 0.25) is 0 Å². The molecule has 0 bridgehead atoms. The molecule has 1 heterocycles. The highest BCUT2D eigenvalue weighted by Crippen LogP contribution is 2.32. The molecule has 2 unspecified atom stereocenters. The summed E-state index contributed by atoms with van der Waals surface area (Å²) in [5.41, 5.74) is 0.738. The van der Waals surface area contributed by atoms with E-state index in [9.17, 15) is 4.79 Å². The molecule has 3 heteroatoms. The maximum absolute atomic E-state index is 12.2. The maximum atomic E-state index is 12.2. The normalized spacial score (nSPS) is 22.4. The number of fused-ring (bicyclic) bond motifs is 1. The summed E-state index contributed by atoms with van der Waals surface area (Å²) in [5, 5.41) is 0. The number of hydrogen-bond acceptors (Lipinski definition) is 2. The number of unbranched alkanes of at least 4 members (excludes halogenated alkanes) is 3. The van der Waals surface area contributed by atoms with Crippen molar-refractivity contribution in [1.29, 1.82) is 0 Å². The number of Topliss-reactive ketones (excluding diaryl/α,β-unsaturated/α-hetero) is 1. The van der Waals surface area contributed by atoms with Crippen LogP contribution in [-0.2, 0) is 0 Å². The zero-order valence-electron chi connectivity index (χ0n) is 10.7. The molecule has 0 amide bonds. The van der Waals surface area contributed by atoms with Crippen LogP contribution in [0.1, 0.15) is 49.4 Å². The molecule has 0 aliphatic carbocycles. The highest BCUT2D eigenvalue weighted by molar-refractivity contribution is 14.1. The highest BCUT2D eigenvalue weighted by Gasteiger charge is 2.34. The van der Waals surface area contributed by atoms with Crippen LogP contribution in [0.25, 0.3) is 0 Å². The van der Waals surface area contributed by atoms with Gasteiger partial charge in [-0.3, -0.25) is 4.79 Å². The minimum Gasteiger partial charge on any atom is -0.488 e. The minimum absolute atomic E-state index is 0.0425. The van der Waals surface area contributed by atoms with Gasteiger partial charge >= 0.3 is 0 Å². The molecular weight excluding hydrogens is 339 g/mol. The van der Waals surface area contributed by atoms with Crippen molar-refractivity contribution in [1.82, 2.24) is 0 Å². The van der Waals surface area contributed by atoms with Gasteiger partial charge in [-0.05, 0) is 25.0 Å². The van der Waals surface area contributed by atoms with Crippen LogP contribution in [-0.4, -0.2) is 15.8 Å². The Kier molecular flexibility index (Phi) is 5.03. The standard InChI is InChI=1S/C15H19IO2/c1-2-3-4-5-10-13-14(16)15(17)11-8-6-7-9-12(11)18-13/h6-9,13-14H,2-5,10H2,1H3. The number of hydrogen-bond donors (Lipinski definition) is 0. The van der Waals surface area contributed by atoms with E-state index in [1.165, 1.54) is 19.3 Å². The van der Waals surface area contributed by atoms with Crippen molar-refractivity contribution in [2.75, 3.05) is 0 Å². The molecule has 0 radical (unpaired) electrons. The summed E-state index contributed by atoms with van der Waals surface area (Å²) in [6, 6.07) is 7.57. The number of ether oxygens (including phenoxy) is 1. The largest absolute Gasteiger partial charge is 0.488 e. The van der Waals surface area contributed by atoms with Crippen LogP contribution in [0.5, 0.6) is 5.75 Å². The van der Waals surface area contributed by atoms with Crippen molar-refractivity contribution in [2.45, 2.75) is 49.1 Å². The number of carbonyl (C=O) groups excluding carboxylic acids is 1. The van der Waals surface area contributed by atoms with E-state index in [0.717, 1.165) is 24.2 Å². The summed E-state index contributed by atoms with van der Waals surface area (Å²) < 4.78 is 5.92. The summed E-state index contributed by atoms with van der Waals surface area (Å²) >= 11 is 2.23. The van der Waals surface area contributed by atoms with Crippen molar-refractivity contribution in [2.24, 2.45) is 0 Å². The van der Waals surface area contributed by atoms with Crippen molar-refractivity contribution in [3.05, 3.63) is 29.8 Å². The third-order valence-corrected chi connectivity index (χ3v) is 4.72. The first-order valence-electron chi connectivity index (χ1n) is 6.68. The second kappa shape index (κ2) is 6.55. The van der Waals surface area contributed by atoms with E-state index >= 15 is 0 Å². The van der Waals surface area contributed by atoms with Crippen LogP contribution < -0.4 is 4.74 Å². The molecule has 1 aromatic carbocycles. The van der Waals surface area contributed by atoms with Crippen LogP contribution >= 0.6 is 22.6 Å². The molecular formula is C15H19IO2. The lowest BCUT2D eigenvalue weighted by molar-refractivity contribution is 0.0867. The molecule has 0 aromatic heterocycles. The molecule has 1 aliphatic heterocycles. The fourth-order valence-electron chi connectivity index (χ4n) is 2.29. The first-order chi connectivity index (χ1) is 8.74. The smallest absolute Gasteiger partial charge is 0.183 e. The maximum Gasteiger partial charge on any atom is 0.183 e. The summed E-state index contributed by atoms with van der Waals surface area (Å²) in [4.78, 5) is 12.2. The van der Waals surface area contributed by atoms with Gasteiger partial charge in [-0.15, -0.1) is 0 Å². The van der Waals surface area contributed by atoms with Crippen LogP contribution in [0.15, 0.2) is 24.3 Å². The summed E-state index contributed by atoms with van der Waals surface area (Å²) in [6.45, 7) is 2.21. The van der Waals surface area contributed by atoms with Gasteiger partial charge in [0.1, 0.15) is 15.8 Å². The molecule has 0 spiro atoms. The van der Waals surface area contributed by atoms with Gasteiger partial charge in [0.25, 0.3) is 0 Å². The molecule has 2 atom stereocenters. The Morgan fingerprint density at radius 3 is 2.78 bits per heavy atom. The molecule has 18 heavy (non-hydrogen) atoms. The lowest BCUT2D eigenvalue weighted by Gasteiger charge is -2.29. The first kappa shape index (κ1) is 13.8. The van der Waals surface area contributed by atoms with E-state index in [1.54, 1.807) is 0 Å². The van der Waals surface area contributed by atoms with Crippen molar-refractivity contribution >= 4 is 28.4 Å². The Morgan fingerprint density at radius 1 is 1.22 bits per heavy atom. The quantitative estimate of drug-likeness (QED) is 0.443. The zero-order valence-corrected chi connectivity index (χ0v) is 12.9. The average Bonchev–Trinajstić information content (AvgIpc) is 2.40. The molecule has 0 saturated heterocycles. The van der Waals surface area contributed by atoms with Gasteiger partial charge in [0.05, 0.1) is 5.56 Å². The second-order valence-corrected chi connectivity index (χ2v) is 6.11. The third-order valence-electron chi connectivity index (χ3n) is 3.35. The summed E-state index contributed by atoms with van der Waals surface area (Å²) in [6.07, 6.45) is 5.91. The van der Waals surface area contributed by atoms with Crippen LogP contribution in [0, 0.1) is 0 Å². The molecule has 0 fully saturated rings. The fraction of sp³-hybridized carbons (Fsp3) is 0.533. The fourth-order valence-corrected chi connectivity index (χ4v) is 3.13. The van der Waals surface area contributed by atoms with E-state index in [0.29, 0.717) is 0 Å².